The fourth-order valence-electron chi connectivity index (χ4n) is 1.80. The van der Waals surface area contributed by atoms with Crippen LogP contribution in [0.1, 0.15) is 26.7 Å². The zero-order valence-corrected chi connectivity index (χ0v) is 15.0. The van der Waals surface area contributed by atoms with E-state index < -0.39 is 0 Å². The van der Waals surface area contributed by atoms with Gasteiger partial charge in [-0.3, -0.25) is 4.79 Å². The number of amides is 1. The standard InChI is InChI=1S/C15H25N3O2.2ClH/c1-4-15(16,5-2)11-18-14(19)10-17-12-8-6-7-9-13(12)20-3;;/h6-9,17H,4-5,10-11,16H2,1-3H3,(H,18,19);2*1H. The molecule has 128 valence electrons. The largest absolute Gasteiger partial charge is 0.495 e. The molecule has 1 rings (SSSR count). The van der Waals surface area contributed by atoms with Crippen LogP contribution >= 0.6 is 24.8 Å². The number of benzene rings is 1. The predicted octanol–water partition coefficient (Wildman–Crippen LogP) is 2.58. The summed E-state index contributed by atoms with van der Waals surface area (Å²) in [5, 5.41) is 5.92. The zero-order chi connectivity index (χ0) is 15.0. The second-order valence-electron chi connectivity index (χ2n) is 4.90. The van der Waals surface area contributed by atoms with Crippen molar-refractivity contribution in [3.63, 3.8) is 0 Å². The molecule has 0 spiro atoms. The van der Waals surface area contributed by atoms with Crippen LogP contribution in [0.25, 0.3) is 0 Å². The van der Waals surface area contributed by atoms with E-state index in [1.165, 1.54) is 0 Å². The maximum absolute atomic E-state index is 11.8. The number of hydrogen-bond donors (Lipinski definition) is 3. The van der Waals surface area contributed by atoms with Crippen LogP contribution in [0.2, 0.25) is 0 Å². The van der Waals surface area contributed by atoms with Gasteiger partial charge in [-0.05, 0) is 25.0 Å². The molecule has 4 N–H and O–H groups in total. The van der Waals surface area contributed by atoms with E-state index in [1.807, 2.05) is 38.1 Å². The number of nitrogens with one attached hydrogen (secondary N) is 2. The van der Waals surface area contributed by atoms with Crippen LogP contribution in [0, 0.1) is 0 Å². The van der Waals surface area contributed by atoms with Gasteiger partial charge in [0.2, 0.25) is 5.91 Å². The maximum atomic E-state index is 11.8. The van der Waals surface area contributed by atoms with Gasteiger partial charge in [-0.1, -0.05) is 26.0 Å². The monoisotopic (exact) mass is 351 g/mol. The first-order valence-corrected chi connectivity index (χ1v) is 6.97. The summed E-state index contributed by atoms with van der Waals surface area (Å²) in [4.78, 5) is 11.8. The lowest BCUT2D eigenvalue weighted by atomic mass is 9.94. The van der Waals surface area contributed by atoms with Gasteiger partial charge in [-0.25, -0.2) is 0 Å². The quantitative estimate of drug-likeness (QED) is 0.672. The highest BCUT2D eigenvalue weighted by Crippen LogP contribution is 2.22. The normalized spacial score (nSPS) is 10.0. The third kappa shape index (κ3) is 7.20. The molecule has 0 unspecified atom stereocenters. The van der Waals surface area contributed by atoms with Crippen LogP contribution in [-0.2, 0) is 4.79 Å². The number of para-hydroxylation sites is 2. The number of ether oxygens (including phenoxy) is 1. The Morgan fingerprint density at radius 1 is 1.23 bits per heavy atom. The van der Waals surface area contributed by atoms with Gasteiger partial charge < -0.3 is 21.1 Å². The average Bonchev–Trinajstić information content (AvgIpc) is 2.50. The van der Waals surface area contributed by atoms with Gasteiger partial charge in [0.1, 0.15) is 5.75 Å². The van der Waals surface area contributed by atoms with E-state index in [-0.39, 0.29) is 42.8 Å². The van der Waals surface area contributed by atoms with Crippen molar-refractivity contribution in [3.05, 3.63) is 24.3 Å². The van der Waals surface area contributed by atoms with Gasteiger partial charge in [-0.2, -0.15) is 0 Å². The molecular weight excluding hydrogens is 325 g/mol. The Morgan fingerprint density at radius 2 is 1.82 bits per heavy atom. The molecule has 0 aliphatic heterocycles. The lowest BCUT2D eigenvalue weighted by Gasteiger charge is -2.26. The van der Waals surface area contributed by atoms with Crippen molar-refractivity contribution < 1.29 is 9.53 Å². The van der Waals surface area contributed by atoms with Crippen molar-refractivity contribution in [1.29, 1.82) is 0 Å². The minimum Gasteiger partial charge on any atom is -0.495 e. The zero-order valence-electron chi connectivity index (χ0n) is 13.3. The lowest BCUT2D eigenvalue weighted by Crippen LogP contribution is -2.50. The fraction of sp³-hybridized carbons (Fsp3) is 0.533. The van der Waals surface area contributed by atoms with Gasteiger partial charge in [0.25, 0.3) is 0 Å². The van der Waals surface area contributed by atoms with Crippen LogP contribution in [0.15, 0.2) is 24.3 Å². The minimum atomic E-state index is -0.319. The smallest absolute Gasteiger partial charge is 0.239 e. The van der Waals surface area contributed by atoms with Crippen molar-refractivity contribution in [3.8, 4) is 5.75 Å². The van der Waals surface area contributed by atoms with E-state index in [0.29, 0.717) is 6.54 Å². The number of nitrogens with two attached hydrogens (primary N) is 1. The summed E-state index contributed by atoms with van der Waals surface area (Å²) in [6.45, 7) is 4.75. The summed E-state index contributed by atoms with van der Waals surface area (Å²) in [6, 6.07) is 7.49. The summed E-state index contributed by atoms with van der Waals surface area (Å²) in [5.41, 5.74) is 6.62. The van der Waals surface area contributed by atoms with E-state index in [9.17, 15) is 4.79 Å². The van der Waals surface area contributed by atoms with Crippen molar-refractivity contribution in [2.24, 2.45) is 5.73 Å². The molecule has 5 nitrogen and oxygen atoms in total. The van der Waals surface area contributed by atoms with Gasteiger partial charge in [0, 0.05) is 12.1 Å². The van der Waals surface area contributed by atoms with Gasteiger partial charge in [0.05, 0.1) is 19.3 Å². The van der Waals surface area contributed by atoms with E-state index in [4.69, 9.17) is 10.5 Å². The van der Waals surface area contributed by atoms with Crippen molar-refractivity contribution in [1.82, 2.24) is 5.32 Å². The Balaban J connectivity index is 0. The highest BCUT2D eigenvalue weighted by Gasteiger charge is 2.20. The molecule has 22 heavy (non-hydrogen) atoms. The number of hydrogen-bond acceptors (Lipinski definition) is 4. The second kappa shape index (κ2) is 11.4. The Morgan fingerprint density at radius 3 is 2.36 bits per heavy atom. The maximum Gasteiger partial charge on any atom is 0.239 e. The number of anilines is 1. The van der Waals surface area contributed by atoms with E-state index in [1.54, 1.807) is 7.11 Å². The molecule has 0 aromatic heterocycles. The van der Waals surface area contributed by atoms with Crippen LogP contribution in [-0.4, -0.2) is 31.6 Å². The topological polar surface area (TPSA) is 76.4 Å². The minimum absolute atomic E-state index is 0. The molecule has 0 saturated carbocycles. The second-order valence-corrected chi connectivity index (χ2v) is 4.90. The molecule has 0 heterocycles. The summed E-state index contributed by atoms with van der Waals surface area (Å²) >= 11 is 0. The first-order valence-electron chi connectivity index (χ1n) is 6.97. The first-order chi connectivity index (χ1) is 9.54. The van der Waals surface area contributed by atoms with Crippen molar-refractivity contribution >= 4 is 36.4 Å². The van der Waals surface area contributed by atoms with Crippen LogP contribution < -0.4 is 21.1 Å². The summed E-state index contributed by atoms with van der Waals surface area (Å²) in [6.07, 6.45) is 1.67. The predicted molar refractivity (Wildman–Crippen MR) is 96.5 cm³/mol. The number of carbonyl (C=O) groups is 1. The number of methoxy groups -OCH3 is 1. The van der Waals surface area contributed by atoms with Crippen LogP contribution in [0.3, 0.4) is 0 Å². The molecule has 0 fully saturated rings. The summed E-state index contributed by atoms with van der Waals surface area (Å²) in [7, 11) is 1.60. The van der Waals surface area contributed by atoms with Crippen molar-refractivity contribution in [2.45, 2.75) is 32.2 Å². The Kier molecular flexibility index (Phi) is 12.0. The van der Waals surface area contributed by atoms with Crippen LogP contribution in [0.4, 0.5) is 5.69 Å². The molecule has 1 aromatic rings. The lowest BCUT2D eigenvalue weighted by molar-refractivity contribution is -0.119. The number of rotatable bonds is 8. The Bertz CT molecular complexity index is 441. The molecule has 1 amide bonds. The molecule has 0 bridgehead atoms. The van der Waals surface area contributed by atoms with Crippen LogP contribution in [0.5, 0.6) is 5.75 Å². The molecule has 0 aliphatic rings. The Labute approximate surface area is 145 Å². The number of carbonyl (C=O) groups excluding carboxylic acids is 1. The molecular formula is C15H27Cl2N3O2. The SMILES string of the molecule is CCC(N)(CC)CNC(=O)CNc1ccccc1OC.Cl.Cl. The van der Waals surface area contributed by atoms with E-state index in [0.717, 1.165) is 24.3 Å². The molecule has 7 heteroatoms. The van der Waals surface area contributed by atoms with Gasteiger partial charge >= 0.3 is 0 Å². The van der Waals surface area contributed by atoms with Gasteiger partial charge in [-0.15, -0.1) is 24.8 Å². The molecule has 0 radical (unpaired) electrons. The molecule has 0 atom stereocenters. The van der Waals surface area contributed by atoms with E-state index >= 15 is 0 Å². The highest BCUT2D eigenvalue weighted by molar-refractivity contribution is 5.85. The average molecular weight is 352 g/mol. The number of halogens is 2. The van der Waals surface area contributed by atoms with Crippen molar-refractivity contribution in [2.75, 3.05) is 25.5 Å². The third-order valence-electron chi connectivity index (χ3n) is 3.59. The molecule has 1 aromatic carbocycles. The first kappa shape index (κ1) is 23.1. The van der Waals surface area contributed by atoms with Gasteiger partial charge in [0.15, 0.2) is 0 Å². The highest BCUT2D eigenvalue weighted by atomic mass is 35.5. The third-order valence-corrected chi connectivity index (χ3v) is 3.59. The molecule has 0 saturated heterocycles. The fourth-order valence-corrected chi connectivity index (χ4v) is 1.80. The summed E-state index contributed by atoms with van der Waals surface area (Å²) < 4.78 is 5.21. The Hall–Kier alpha value is -1.17. The molecule has 0 aliphatic carbocycles. The summed E-state index contributed by atoms with van der Waals surface area (Å²) in [5.74, 6) is 0.642. The van der Waals surface area contributed by atoms with E-state index in [2.05, 4.69) is 10.6 Å².